The molecule has 0 N–H and O–H groups in total. The molecule has 0 bridgehead atoms. The highest BCUT2D eigenvalue weighted by molar-refractivity contribution is 6.27. The Kier molecular flexibility index (Phi) is 11.3. The first kappa shape index (κ1) is 46.0. The summed E-state index contributed by atoms with van der Waals surface area (Å²) >= 11 is 0. The highest BCUT2D eigenvalue weighted by Crippen LogP contribution is 2.42. The number of hydrogen-bond acceptors (Lipinski definition) is 1. The average molecular weight is 1000 g/mol. The minimum Gasteiger partial charge on any atom is -0.311 e. The van der Waals surface area contributed by atoms with Crippen LogP contribution in [0.25, 0.3) is 131 Å². The molecule has 0 radical (unpaired) electrons. The highest BCUT2D eigenvalue weighted by atomic mass is 15.1. The number of anilines is 3. The van der Waals surface area contributed by atoms with Crippen LogP contribution >= 0.6 is 0 Å². The summed E-state index contributed by atoms with van der Waals surface area (Å²) in [5.41, 5.74) is 17.6. The van der Waals surface area contributed by atoms with E-state index in [4.69, 9.17) is 0 Å². The van der Waals surface area contributed by atoms with Gasteiger partial charge in [0.25, 0.3) is 0 Å². The predicted molar refractivity (Wildman–Crippen MR) is 339 cm³/mol. The van der Waals surface area contributed by atoms with Crippen LogP contribution in [-0.2, 0) is 0 Å². The summed E-state index contributed by atoms with van der Waals surface area (Å²) in [4.78, 5) is 2.36. The number of fused-ring (bicyclic) bond motifs is 12. The van der Waals surface area contributed by atoms with Crippen LogP contribution in [0.1, 0.15) is 0 Å². The molecule has 15 aromatic rings. The molecule has 15 aromatic carbocycles. The van der Waals surface area contributed by atoms with Crippen LogP contribution < -0.4 is 4.90 Å². The van der Waals surface area contributed by atoms with Crippen LogP contribution in [0.3, 0.4) is 0 Å². The molecule has 0 aliphatic rings. The first-order valence-electron chi connectivity index (χ1n) is 27.3. The van der Waals surface area contributed by atoms with Crippen LogP contribution in [0, 0.1) is 0 Å². The second-order valence-electron chi connectivity index (χ2n) is 20.8. The molecule has 0 aliphatic heterocycles. The van der Waals surface area contributed by atoms with Crippen molar-refractivity contribution in [2.75, 3.05) is 4.90 Å². The summed E-state index contributed by atoms with van der Waals surface area (Å²) in [5.74, 6) is 0. The number of benzene rings is 15. The van der Waals surface area contributed by atoms with Gasteiger partial charge in [0.15, 0.2) is 0 Å². The van der Waals surface area contributed by atoms with Crippen molar-refractivity contribution in [2.45, 2.75) is 0 Å². The largest absolute Gasteiger partial charge is 0.311 e. The van der Waals surface area contributed by atoms with E-state index in [0.717, 1.165) is 17.1 Å². The Labute approximate surface area is 460 Å². The van der Waals surface area contributed by atoms with E-state index in [0.29, 0.717) is 0 Å². The van der Waals surface area contributed by atoms with E-state index in [1.165, 1.54) is 131 Å². The molecule has 0 unspecified atom stereocenters. The van der Waals surface area contributed by atoms with Gasteiger partial charge < -0.3 is 4.90 Å². The Balaban J connectivity index is 0.732. The SMILES string of the molecule is c1ccc(-c2ccc(-c3ccc(N(c4ccc(-c5ccc(-c6ccc7c8ccccc8c8ccccc8c7c6)cc5)cc4)c4ccc(-c5ccc(-c6ccc7c8ccccc8c8ccccc8c7c6)cc5)cc4)cc3)cc2)cc1. The van der Waals surface area contributed by atoms with Gasteiger partial charge in [0, 0.05) is 17.1 Å². The number of hydrogen-bond donors (Lipinski definition) is 0. The highest BCUT2D eigenvalue weighted by Gasteiger charge is 2.16. The molecule has 368 valence electrons. The van der Waals surface area contributed by atoms with Gasteiger partial charge in [-0.3, -0.25) is 0 Å². The summed E-state index contributed by atoms with van der Waals surface area (Å²) in [5, 5.41) is 15.5. The monoisotopic (exact) mass is 1000 g/mol. The fourth-order valence-corrected chi connectivity index (χ4v) is 12.2. The molecular formula is C78H51N. The lowest BCUT2D eigenvalue weighted by Crippen LogP contribution is -2.09. The lowest BCUT2D eigenvalue weighted by Gasteiger charge is -2.26. The van der Waals surface area contributed by atoms with E-state index >= 15 is 0 Å². The van der Waals surface area contributed by atoms with Crippen LogP contribution in [0.15, 0.2) is 309 Å². The maximum absolute atomic E-state index is 2.37. The average Bonchev–Trinajstić information content (AvgIpc) is 3.62. The maximum atomic E-state index is 2.37. The summed E-state index contributed by atoms with van der Waals surface area (Å²) in [7, 11) is 0. The molecular weight excluding hydrogens is 951 g/mol. The second kappa shape index (κ2) is 19.3. The lowest BCUT2D eigenvalue weighted by molar-refractivity contribution is 1.28. The number of nitrogens with zero attached hydrogens (tertiary/aromatic N) is 1. The van der Waals surface area contributed by atoms with Crippen molar-refractivity contribution >= 4 is 81.7 Å². The molecule has 0 atom stereocenters. The molecule has 79 heavy (non-hydrogen) atoms. The van der Waals surface area contributed by atoms with Crippen LogP contribution in [0.2, 0.25) is 0 Å². The van der Waals surface area contributed by atoms with Gasteiger partial charge in [0.1, 0.15) is 0 Å². The third kappa shape index (κ3) is 8.28. The minimum atomic E-state index is 1.09. The summed E-state index contributed by atoms with van der Waals surface area (Å²) in [6.45, 7) is 0. The van der Waals surface area contributed by atoms with E-state index in [-0.39, 0.29) is 0 Å². The second-order valence-corrected chi connectivity index (χ2v) is 20.8. The van der Waals surface area contributed by atoms with Crippen LogP contribution in [0.4, 0.5) is 17.1 Å². The summed E-state index contributed by atoms with van der Waals surface area (Å²) < 4.78 is 0. The zero-order valence-electron chi connectivity index (χ0n) is 43.4. The molecule has 15 rings (SSSR count). The van der Waals surface area contributed by atoms with Crippen molar-refractivity contribution in [3.05, 3.63) is 309 Å². The number of rotatable bonds is 9. The lowest BCUT2D eigenvalue weighted by atomic mass is 9.92. The van der Waals surface area contributed by atoms with Crippen molar-refractivity contribution in [1.29, 1.82) is 0 Å². The van der Waals surface area contributed by atoms with Gasteiger partial charge in [0.2, 0.25) is 0 Å². The molecule has 0 spiro atoms. The third-order valence-electron chi connectivity index (χ3n) is 16.3. The van der Waals surface area contributed by atoms with E-state index in [2.05, 4.69) is 314 Å². The molecule has 0 amide bonds. The molecule has 0 heterocycles. The zero-order chi connectivity index (χ0) is 52.2. The van der Waals surface area contributed by atoms with Gasteiger partial charge >= 0.3 is 0 Å². The van der Waals surface area contributed by atoms with Gasteiger partial charge in [-0.1, -0.05) is 261 Å². The van der Waals surface area contributed by atoms with Gasteiger partial charge in [-0.2, -0.15) is 0 Å². The van der Waals surface area contributed by atoms with E-state index in [1.54, 1.807) is 0 Å². The van der Waals surface area contributed by atoms with Crippen LogP contribution in [-0.4, -0.2) is 0 Å². The van der Waals surface area contributed by atoms with Crippen molar-refractivity contribution in [3.8, 4) is 66.8 Å². The zero-order valence-corrected chi connectivity index (χ0v) is 43.4. The summed E-state index contributed by atoms with van der Waals surface area (Å²) in [6, 6.07) is 114. The van der Waals surface area contributed by atoms with Crippen LogP contribution in [0.5, 0.6) is 0 Å². The first-order valence-corrected chi connectivity index (χ1v) is 27.3. The van der Waals surface area contributed by atoms with Gasteiger partial charge in [-0.15, -0.1) is 0 Å². The molecule has 0 aromatic heterocycles. The molecule has 1 nitrogen and oxygen atoms in total. The molecule has 0 saturated carbocycles. The molecule has 0 saturated heterocycles. The standard InChI is InChI=1S/C78H51N/c1-2-12-52(13-3-1)53-22-24-54(25-23-53)57-34-42-64(43-35-57)79(65-44-36-58(37-45-65)55-26-30-60(31-27-55)62-40-48-75-71-18-6-4-14-67(71)69-16-8-10-20-73(69)77(75)50-62)66-46-38-59(39-47-66)56-28-32-61(33-29-56)63-41-49-76-72-19-7-5-15-68(72)70-17-9-11-21-74(70)78(76)51-63/h1-51H. The summed E-state index contributed by atoms with van der Waals surface area (Å²) in [6.07, 6.45) is 0. The Morgan fingerprint density at radius 1 is 0.127 bits per heavy atom. The van der Waals surface area contributed by atoms with Gasteiger partial charge in [-0.25, -0.2) is 0 Å². The fourth-order valence-electron chi connectivity index (χ4n) is 12.2. The van der Waals surface area contributed by atoms with E-state index in [1.807, 2.05) is 0 Å². The smallest absolute Gasteiger partial charge is 0.0462 e. The maximum Gasteiger partial charge on any atom is 0.0462 e. The Hall–Kier alpha value is -10.3. The quantitative estimate of drug-likeness (QED) is 0.130. The van der Waals surface area contributed by atoms with Gasteiger partial charge in [0.05, 0.1) is 0 Å². The van der Waals surface area contributed by atoms with E-state index < -0.39 is 0 Å². The van der Waals surface area contributed by atoms with Crippen molar-refractivity contribution in [3.63, 3.8) is 0 Å². The Morgan fingerprint density at radius 2 is 0.304 bits per heavy atom. The minimum absolute atomic E-state index is 1.09. The van der Waals surface area contributed by atoms with Crippen molar-refractivity contribution in [1.82, 2.24) is 0 Å². The van der Waals surface area contributed by atoms with Crippen molar-refractivity contribution < 1.29 is 0 Å². The molecule has 1 heteroatoms. The van der Waals surface area contributed by atoms with E-state index in [9.17, 15) is 0 Å². The van der Waals surface area contributed by atoms with Gasteiger partial charge in [-0.05, 0) is 180 Å². The fraction of sp³-hybridized carbons (Fsp3) is 0. The molecule has 0 aliphatic carbocycles. The normalized spacial score (nSPS) is 11.5. The third-order valence-corrected chi connectivity index (χ3v) is 16.3. The first-order chi connectivity index (χ1) is 39.1. The van der Waals surface area contributed by atoms with Crippen molar-refractivity contribution in [2.24, 2.45) is 0 Å². The Bertz CT molecular complexity index is 4440. The molecule has 0 fully saturated rings. The Morgan fingerprint density at radius 3 is 0.570 bits per heavy atom. The topological polar surface area (TPSA) is 3.24 Å². The predicted octanol–water partition coefficient (Wildman–Crippen LogP) is 22.1.